The Morgan fingerprint density at radius 2 is 2.20 bits per heavy atom. The minimum absolute atomic E-state index is 0.180. The minimum atomic E-state index is -1.48. The van der Waals surface area contributed by atoms with Gasteiger partial charge in [-0.15, -0.1) is 0 Å². The maximum atomic E-state index is 10.6. The van der Waals surface area contributed by atoms with Crippen LogP contribution in [-0.2, 0) is 4.79 Å². The molecule has 0 spiro atoms. The van der Waals surface area contributed by atoms with Gasteiger partial charge >= 0.3 is 7.12 Å². The Morgan fingerprint density at radius 1 is 1.70 bits per heavy atom. The van der Waals surface area contributed by atoms with Crippen molar-refractivity contribution < 1.29 is 14.8 Å². The third kappa shape index (κ3) is 3.47. The molecule has 10 heavy (non-hydrogen) atoms. The van der Waals surface area contributed by atoms with Gasteiger partial charge in [-0.3, -0.25) is 4.79 Å². The molecule has 0 radical (unpaired) electrons. The summed E-state index contributed by atoms with van der Waals surface area (Å²) in [7, 11) is -1.48. The summed E-state index contributed by atoms with van der Waals surface area (Å²) in [5.74, 6) is -0.770. The number of carbonyl (C=O) groups is 1. The van der Waals surface area contributed by atoms with Crippen molar-refractivity contribution >= 4 is 13.0 Å². The largest absolute Gasteiger partial charge is 0.475 e. The number of amides is 1. The van der Waals surface area contributed by atoms with Crippen molar-refractivity contribution in [3.63, 3.8) is 0 Å². The van der Waals surface area contributed by atoms with E-state index in [1.165, 1.54) is 6.92 Å². The molecule has 58 valence electrons. The van der Waals surface area contributed by atoms with E-state index in [0.717, 1.165) is 0 Å². The topological polar surface area (TPSA) is 69.6 Å². The van der Waals surface area contributed by atoms with E-state index in [2.05, 4.69) is 5.32 Å². The third-order valence-corrected chi connectivity index (χ3v) is 1.16. The molecule has 0 aliphatic heterocycles. The van der Waals surface area contributed by atoms with E-state index in [4.69, 9.17) is 10.0 Å². The van der Waals surface area contributed by atoms with Crippen LogP contribution >= 0.6 is 0 Å². The zero-order valence-corrected chi connectivity index (χ0v) is 6.16. The van der Waals surface area contributed by atoms with Crippen molar-refractivity contribution in [2.45, 2.75) is 26.2 Å². The van der Waals surface area contributed by atoms with Gasteiger partial charge in [-0.05, 0) is 6.92 Å². The van der Waals surface area contributed by atoms with Crippen molar-refractivity contribution in [2.75, 3.05) is 0 Å². The quantitative estimate of drug-likeness (QED) is 0.442. The van der Waals surface area contributed by atoms with Gasteiger partial charge in [0.05, 0.1) is 5.94 Å². The lowest BCUT2D eigenvalue weighted by Gasteiger charge is -2.10. The molecule has 0 aromatic rings. The van der Waals surface area contributed by atoms with Crippen molar-refractivity contribution in [1.82, 2.24) is 5.32 Å². The lowest BCUT2D eigenvalue weighted by Crippen LogP contribution is -2.43. The molecule has 0 saturated heterocycles. The molecule has 1 unspecified atom stereocenters. The van der Waals surface area contributed by atoms with Crippen molar-refractivity contribution in [3.8, 4) is 0 Å². The highest BCUT2D eigenvalue weighted by Crippen LogP contribution is 1.84. The van der Waals surface area contributed by atoms with Crippen LogP contribution in [0.15, 0.2) is 0 Å². The predicted molar refractivity (Wildman–Crippen MR) is 38.1 cm³/mol. The maximum Gasteiger partial charge on any atom is 0.475 e. The standard InChI is InChI=1S/C5H12BNO3/c1-3-5(8)7-4(2)6(9)10/h4,9-10H,3H2,1-2H3,(H,7,8). The molecule has 0 aromatic heterocycles. The highest BCUT2D eigenvalue weighted by Gasteiger charge is 2.18. The number of carbonyl (C=O) groups excluding carboxylic acids is 1. The zero-order valence-electron chi connectivity index (χ0n) is 6.16. The molecule has 0 aliphatic rings. The smallest absolute Gasteiger partial charge is 0.426 e. The monoisotopic (exact) mass is 145 g/mol. The molecule has 3 N–H and O–H groups in total. The second-order valence-electron chi connectivity index (χ2n) is 2.12. The first-order chi connectivity index (χ1) is 4.57. The van der Waals surface area contributed by atoms with Gasteiger partial charge in [0.2, 0.25) is 5.91 Å². The number of nitrogens with one attached hydrogen (secondary N) is 1. The van der Waals surface area contributed by atoms with E-state index < -0.39 is 13.1 Å². The van der Waals surface area contributed by atoms with Crippen LogP contribution in [0.5, 0.6) is 0 Å². The van der Waals surface area contributed by atoms with Crippen LogP contribution in [0.3, 0.4) is 0 Å². The first kappa shape index (κ1) is 9.45. The third-order valence-electron chi connectivity index (χ3n) is 1.16. The van der Waals surface area contributed by atoms with Gasteiger partial charge in [-0.25, -0.2) is 0 Å². The molecule has 0 aromatic carbocycles. The summed E-state index contributed by atoms with van der Waals surface area (Å²) in [5, 5.41) is 19.4. The van der Waals surface area contributed by atoms with Crippen LogP contribution in [0.1, 0.15) is 20.3 Å². The Labute approximate surface area is 60.4 Å². The Bertz CT molecular complexity index is 117. The average Bonchev–Trinajstić information content (AvgIpc) is 1.87. The first-order valence-electron chi connectivity index (χ1n) is 3.23. The molecule has 5 heteroatoms. The van der Waals surface area contributed by atoms with Crippen LogP contribution < -0.4 is 5.32 Å². The summed E-state index contributed by atoms with van der Waals surface area (Å²) in [6.07, 6.45) is 0.358. The zero-order chi connectivity index (χ0) is 8.15. The van der Waals surface area contributed by atoms with Gasteiger partial charge in [0.25, 0.3) is 0 Å². The molecule has 0 saturated carbocycles. The highest BCUT2D eigenvalue weighted by atomic mass is 16.4. The Hall–Kier alpha value is -0.545. The molecular weight excluding hydrogens is 133 g/mol. The van der Waals surface area contributed by atoms with Crippen LogP contribution in [-0.4, -0.2) is 29.0 Å². The van der Waals surface area contributed by atoms with Gasteiger partial charge in [0.15, 0.2) is 0 Å². The average molecular weight is 145 g/mol. The Morgan fingerprint density at radius 3 is 2.50 bits per heavy atom. The summed E-state index contributed by atoms with van der Waals surface area (Å²) in [6.45, 7) is 3.23. The van der Waals surface area contributed by atoms with E-state index in [-0.39, 0.29) is 5.91 Å². The van der Waals surface area contributed by atoms with Gasteiger partial charge in [0.1, 0.15) is 0 Å². The van der Waals surface area contributed by atoms with Crippen LogP contribution in [0, 0.1) is 0 Å². The number of rotatable bonds is 3. The van der Waals surface area contributed by atoms with Crippen molar-refractivity contribution in [2.24, 2.45) is 0 Å². The molecule has 0 rings (SSSR count). The van der Waals surface area contributed by atoms with E-state index >= 15 is 0 Å². The molecule has 0 bridgehead atoms. The molecule has 0 heterocycles. The number of hydrogen-bond acceptors (Lipinski definition) is 3. The highest BCUT2D eigenvalue weighted by molar-refractivity contribution is 6.43. The van der Waals surface area contributed by atoms with Crippen molar-refractivity contribution in [3.05, 3.63) is 0 Å². The Kier molecular flexibility index (Phi) is 4.06. The fourth-order valence-corrected chi connectivity index (χ4v) is 0.431. The van der Waals surface area contributed by atoms with Crippen LogP contribution in [0.2, 0.25) is 0 Å². The molecule has 0 fully saturated rings. The predicted octanol–water partition coefficient (Wildman–Crippen LogP) is -1.09. The second-order valence-corrected chi connectivity index (χ2v) is 2.12. The van der Waals surface area contributed by atoms with E-state index in [1.54, 1.807) is 6.92 Å². The summed E-state index contributed by atoms with van der Waals surface area (Å²) in [4.78, 5) is 10.6. The summed E-state index contributed by atoms with van der Waals surface area (Å²) >= 11 is 0. The molecular formula is C5H12BNO3. The molecule has 4 nitrogen and oxygen atoms in total. The van der Waals surface area contributed by atoms with Gasteiger partial charge in [-0.1, -0.05) is 6.92 Å². The van der Waals surface area contributed by atoms with Crippen LogP contribution in [0.4, 0.5) is 0 Å². The first-order valence-corrected chi connectivity index (χ1v) is 3.23. The fourth-order valence-electron chi connectivity index (χ4n) is 0.431. The van der Waals surface area contributed by atoms with Gasteiger partial charge in [0, 0.05) is 6.42 Å². The van der Waals surface area contributed by atoms with Gasteiger partial charge < -0.3 is 15.4 Å². The maximum absolute atomic E-state index is 10.6. The van der Waals surface area contributed by atoms with E-state index in [0.29, 0.717) is 6.42 Å². The molecule has 0 aliphatic carbocycles. The van der Waals surface area contributed by atoms with Crippen LogP contribution in [0.25, 0.3) is 0 Å². The second kappa shape index (κ2) is 4.30. The number of hydrogen-bond donors (Lipinski definition) is 3. The van der Waals surface area contributed by atoms with Gasteiger partial charge in [-0.2, -0.15) is 0 Å². The fraction of sp³-hybridized carbons (Fsp3) is 0.800. The van der Waals surface area contributed by atoms with E-state index in [1.807, 2.05) is 0 Å². The lowest BCUT2D eigenvalue weighted by atomic mass is 9.81. The normalized spacial score (nSPS) is 12.4. The van der Waals surface area contributed by atoms with Crippen molar-refractivity contribution in [1.29, 1.82) is 0 Å². The lowest BCUT2D eigenvalue weighted by molar-refractivity contribution is -0.121. The minimum Gasteiger partial charge on any atom is -0.426 e. The summed E-state index contributed by atoms with van der Waals surface area (Å²) < 4.78 is 0. The summed E-state index contributed by atoms with van der Waals surface area (Å²) in [5.41, 5.74) is 0. The molecule has 1 atom stereocenters. The SMILES string of the molecule is CCC(=O)NC(C)B(O)O. The van der Waals surface area contributed by atoms with E-state index in [9.17, 15) is 4.79 Å². The molecule has 1 amide bonds. The summed E-state index contributed by atoms with van der Waals surface area (Å²) in [6, 6.07) is 0. The Balaban J connectivity index is 3.57.